The summed E-state index contributed by atoms with van der Waals surface area (Å²) in [6.45, 7) is 9.37. The lowest BCUT2D eigenvalue weighted by molar-refractivity contribution is -0.126. The Morgan fingerprint density at radius 1 is 1.03 bits per heavy atom. The maximum atomic E-state index is 12.7. The van der Waals surface area contributed by atoms with Gasteiger partial charge < -0.3 is 24.4 Å². The summed E-state index contributed by atoms with van der Waals surface area (Å²) in [5.41, 5.74) is 0.933. The monoisotopic (exact) mass is 421 g/mol. The highest BCUT2D eigenvalue weighted by Gasteiger charge is 2.26. The predicted octanol–water partition coefficient (Wildman–Crippen LogP) is 2.51. The average molecular weight is 422 g/mol. The summed E-state index contributed by atoms with van der Waals surface area (Å²) in [7, 11) is 3.18. The minimum absolute atomic E-state index is 0.0411. The molecule has 1 atom stereocenters. The molecule has 1 aromatic rings. The molecular formula is C22H35N3O5. The van der Waals surface area contributed by atoms with Crippen molar-refractivity contribution in [3.63, 3.8) is 0 Å². The van der Waals surface area contributed by atoms with Gasteiger partial charge in [-0.05, 0) is 37.0 Å². The normalized spacial score (nSPS) is 16.0. The molecule has 1 aliphatic rings. The number of hydrogen-bond donors (Lipinski definition) is 1. The molecule has 2 rings (SSSR count). The van der Waals surface area contributed by atoms with E-state index in [1.165, 1.54) is 0 Å². The highest BCUT2D eigenvalue weighted by molar-refractivity contribution is 5.81. The minimum Gasteiger partial charge on any atom is -0.493 e. The maximum Gasteiger partial charge on any atom is 0.409 e. The zero-order valence-electron chi connectivity index (χ0n) is 18.8. The van der Waals surface area contributed by atoms with E-state index in [0.717, 1.165) is 18.5 Å². The second kappa shape index (κ2) is 11.6. The van der Waals surface area contributed by atoms with Crippen LogP contribution in [-0.4, -0.2) is 74.8 Å². The third kappa shape index (κ3) is 6.79. The van der Waals surface area contributed by atoms with Crippen LogP contribution in [0, 0.1) is 5.92 Å². The Morgan fingerprint density at radius 3 is 2.43 bits per heavy atom. The maximum absolute atomic E-state index is 12.7. The zero-order valence-corrected chi connectivity index (χ0v) is 18.8. The van der Waals surface area contributed by atoms with Gasteiger partial charge in [-0.1, -0.05) is 19.9 Å². The van der Waals surface area contributed by atoms with Crippen molar-refractivity contribution in [1.29, 1.82) is 0 Å². The predicted molar refractivity (Wildman–Crippen MR) is 115 cm³/mol. The van der Waals surface area contributed by atoms with Gasteiger partial charge >= 0.3 is 6.09 Å². The Bertz CT molecular complexity index is 710. The van der Waals surface area contributed by atoms with Crippen LogP contribution in [0.2, 0.25) is 0 Å². The molecule has 1 aliphatic heterocycles. The van der Waals surface area contributed by atoms with E-state index in [2.05, 4.69) is 10.2 Å². The molecule has 0 bridgehead atoms. The van der Waals surface area contributed by atoms with Crippen LogP contribution >= 0.6 is 0 Å². The fourth-order valence-electron chi connectivity index (χ4n) is 3.33. The van der Waals surface area contributed by atoms with E-state index in [0.29, 0.717) is 50.2 Å². The van der Waals surface area contributed by atoms with Crippen molar-refractivity contribution >= 4 is 12.0 Å². The van der Waals surface area contributed by atoms with Gasteiger partial charge in [-0.15, -0.1) is 0 Å². The van der Waals surface area contributed by atoms with E-state index < -0.39 is 0 Å². The van der Waals surface area contributed by atoms with Crippen molar-refractivity contribution in [2.24, 2.45) is 5.92 Å². The lowest BCUT2D eigenvalue weighted by Crippen LogP contribution is -2.46. The molecule has 0 aromatic heterocycles. The molecule has 1 fully saturated rings. The molecule has 8 nitrogen and oxygen atoms in total. The highest BCUT2D eigenvalue weighted by atomic mass is 16.6. The van der Waals surface area contributed by atoms with E-state index in [-0.39, 0.29) is 18.0 Å². The lowest BCUT2D eigenvalue weighted by Gasteiger charge is -2.27. The van der Waals surface area contributed by atoms with Crippen molar-refractivity contribution in [3.05, 3.63) is 23.8 Å². The first-order valence-electron chi connectivity index (χ1n) is 10.5. The van der Waals surface area contributed by atoms with Gasteiger partial charge in [0, 0.05) is 32.7 Å². The average Bonchev–Trinajstić information content (AvgIpc) is 3.01. The van der Waals surface area contributed by atoms with Crippen LogP contribution < -0.4 is 14.8 Å². The summed E-state index contributed by atoms with van der Waals surface area (Å²) < 4.78 is 15.9. The number of hydrogen-bond acceptors (Lipinski definition) is 6. The molecular weight excluding hydrogens is 386 g/mol. The Labute approximate surface area is 179 Å². The number of nitrogens with zero attached hydrogens (tertiary/aromatic N) is 2. The molecule has 0 aliphatic carbocycles. The molecule has 8 heteroatoms. The van der Waals surface area contributed by atoms with Gasteiger partial charge in [-0.2, -0.15) is 0 Å². The summed E-state index contributed by atoms with van der Waals surface area (Å²) in [5, 5.41) is 2.99. The van der Waals surface area contributed by atoms with Gasteiger partial charge in [0.05, 0.1) is 26.9 Å². The fraction of sp³-hybridized carbons (Fsp3) is 0.636. The van der Waals surface area contributed by atoms with E-state index in [1.807, 2.05) is 39.0 Å². The quantitative estimate of drug-likeness (QED) is 0.695. The highest BCUT2D eigenvalue weighted by Crippen LogP contribution is 2.27. The van der Waals surface area contributed by atoms with Crippen molar-refractivity contribution in [1.82, 2.24) is 15.1 Å². The fourth-order valence-corrected chi connectivity index (χ4v) is 3.33. The smallest absolute Gasteiger partial charge is 0.409 e. The molecule has 0 radical (unpaired) electrons. The van der Waals surface area contributed by atoms with Gasteiger partial charge in [0.1, 0.15) is 0 Å². The number of benzene rings is 1. The number of nitrogens with one attached hydrogen (secondary N) is 1. The van der Waals surface area contributed by atoms with Gasteiger partial charge in [0.2, 0.25) is 5.91 Å². The summed E-state index contributed by atoms with van der Waals surface area (Å²) in [5.74, 6) is 1.56. The van der Waals surface area contributed by atoms with E-state index in [4.69, 9.17) is 14.2 Å². The molecule has 1 heterocycles. The molecule has 168 valence electrons. The van der Waals surface area contributed by atoms with Gasteiger partial charge in [-0.25, -0.2) is 4.79 Å². The third-order valence-corrected chi connectivity index (χ3v) is 5.17. The topological polar surface area (TPSA) is 80.3 Å². The number of carbonyl (C=O) groups is 2. The number of ether oxygens (including phenoxy) is 3. The molecule has 30 heavy (non-hydrogen) atoms. The molecule has 0 saturated carbocycles. The van der Waals surface area contributed by atoms with Gasteiger partial charge in [-0.3, -0.25) is 9.69 Å². The summed E-state index contributed by atoms with van der Waals surface area (Å²) in [6.07, 6.45) is 0.542. The summed E-state index contributed by atoms with van der Waals surface area (Å²) in [4.78, 5) is 28.7. The van der Waals surface area contributed by atoms with Crippen LogP contribution in [-0.2, 0) is 16.1 Å². The summed E-state index contributed by atoms with van der Waals surface area (Å²) in [6, 6.07) is 5.30. The van der Waals surface area contributed by atoms with Crippen molar-refractivity contribution in [2.45, 2.75) is 39.8 Å². The zero-order chi connectivity index (χ0) is 22.1. The third-order valence-electron chi connectivity index (χ3n) is 5.17. The van der Waals surface area contributed by atoms with Gasteiger partial charge in [0.15, 0.2) is 11.5 Å². The Kier molecular flexibility index (Phi) is 9.23. The number of amides is 2. The standard InChI is InChI=1S/C22H35N3O5/c1-16(2)15-30-22(27)25-10-6-9-24(11-12-25)17(3)21(26)23-14-18-7-8-19(28-4)20(13-18)29-5/h7-8,13,16-17H,6,9-12,14-15H2,1-5H3,(H,23,26). The Morgan fingerprint density at radius 2 is 1.77 bits per heavy atom. The molecule has 1 unspecified atom stereocenters. The minimum atomic E-state index is -0.281. The first kappa shape index (κ1) is 23.8. The Hall–Kier alpha value is -2.48. The largest absolute Gasteiger partial charge is 0.493 e. The first-order chi connectivity index (χ1) is 14.3. The SMILES string of the molecule is COc1ccc(CNC(=O)C(C)N2CCCN(C(=O)OCC(C)C)CC2)cc1OC. The van der Waals surface area contributed by atoms with Crippen LogP contribution in [0.1, 0.15) is 32.8 Å². The van der Waals surface area contributed by atoms with E-state index in [9.17, 15) is 9.59 Å². The van der Waals surface area contributed by atoms with Crippen LogP contribution in [0.15, 0.2) is 18.2 Å². The van der Waals surface area contributed by atoms with E-state index in [1.54, 1.807) is 19.1 Å². The number of rotatable bonds is 8. The molecule has 2 amide bonds. The van der Waals surface area contributed by atoms with E-state index >= 15 is 0 Å². The number of carbonyl (C=O) groups excluding carboxylic acids is 2. The molecule has 1 saturated heterocycles. The van der Waals surface area contributed by atoms with Crippen molar-refractivity contribution < 1.29 is 23.8 Å². The second-order valence-corrected chi connectivity index (χ2v) is 7.93. The first-order valence-corrected chi connectivity index (χ1v) is 10.5. The van der Waals surface area contributed by atoms with Crippen LogP contribution in [0.3, 0.4) is 0 Å². The lowest BCUT2D eigenvalue weighted by atomic mass is 10.2. The van der Waals surface area contributed by atoms with Crippen molar-refractivity contribution in [3.8, 4) is 11.5 Å². The second-order valence-electron chi connectivity index (χ2n) is 7.93. The molecule has 0 spiro atoms. The van der Waals surface area contributed by atoms with Crippen molar-refractivity contribution in [2.75, 3.05) is 47.0 Å². The number of methoxy groups -OCH3 is 2. The summed E-state index contributed by atoms with van der Waals surface area (Å²) >= 11 is 0. The molecule has 1 N–H and O–H groups in total. The Balaban J connectivity index is 1.85. The van der Waals surface area contributed by atoms with Crippen LogP contribution in [0.25, 0.3) is 0 Å². The van der Waals surface area contributed by atoms with Gasteiger partial charge in [0.25, 0.3) is 0 Å². The van der Waals surface area contributed by atoms with Crippen LogP contribution in [0.4, 0.5) is 4.79 Å². The molecule has 1 aromatic carbocycles. The van der Waals surface area contributed by atoms with Crippen LogP contribution in [0.5, 0.6) is 11.5 Å².